The van der Waals surface area contributed by atoms with Crippen molar-refractivity contribution in [2.24, 2.45) is 5.92 Å². The van der Waals surface area contributed by atoms with E-state index in [1.165, 1.54) is 6.92 Å². The second-order valence-electron chi connectivity index (χ2n) is 6.09. The summed E-state index contributed by atoms with van der Waals surface area (Å²) in [6.07, 6.45) is 2.20. The number of rotatable bonds is 7. The van der Waals surface area contributed by atoms with Crippen LogP contribution in [0.25, 0.3) is 0 Å². The first kappa shape index (κ1) is 18.0. The molecule has 1 heterocycles. The highest BCUT2D eigenvalue weighted by Gasteiger charge is 2.19. The van der Waals surface area contributed by atoms with Gasteiger partial charge in [-0.3, -0.25) is 4.90 Å². The van der Waals surface area contributed by atoms with Crippen molar-refractivity contribution >= 4 is 17.6 Å². The van der Waals surface area contributed by atoms with Crippen LogP contribution in [-0.4, -0.2) is 46.9 Å². The number of aliphatic hydroxyl groups excluding tert-OH is 1. The number of halogens is 1. The molecule has 0 aliphatic carbocycles. The molecule has 2 N–H and O–H groups in total. The fourth-order valence-electron chi connectivity index (χ4n) is 2.85. The van der Waals surface area contributed by atoms with Gasteiger partial charge < -0.3 is 14.9 Å². The third kappa shape index (κ3) is 5.37. The van der Waals surface area contributed by atoms with Crippen LogP contribution in [0.4, 0.5) is 0 Å². The predicted octanol–water partition coefficient (Wildman–Crippen LogP) is 2.79. The Labute approximate surface area is 141 Å². The molecule has 0 radical (unpaired) electrons. The number of piperidine rings is 1. The van der Waals surface area contributed by atoms with Crippen LogP contribution >= 0.6 is 11.6 Å². The van der Waals surface area contributed by atoms with Gasteiger partial charge in [0.25, 0.3) is 0 Å². The Hall–Kier alpha value is -1.30. The fraction of sp³-hybridized carbons (Fsp3) is 0.588. The zero-order chi connectivity index (χ0) is 16.8. The summed E-state index contributed by atoms with van der Waals surface area (Å²) in [5.74, 6) is 0.0102. The number of nitrogens with zero attached hydrogens (tertiary/aromatic N) is 1. The largest absolute Gasteiger partial charge is 0.479 e. The van der Waals surface area contributed by atoms with E-state index in [2.05, 4.69) is 4.90 Å². The summed E-state index contributed by atoms with van der Waals surface area (Å²) in [4.78, 5) is 13.2. The molecule has 0 bridgehead atoms. The van der Waals surface area contributed by atoms with Crippen LogP contribution in [0.5, 0.6) is 5.75 Å². The molecule has 0 unspecified atom stereocenters. The van der Waals surface area contributed by atoms with Crippen LogP contribution in [0.3, 0.4) is 0 Å². The Balaban J connectivity index is 1.90. The van der Waals surface area contributed by atoms with Gasteiger partial charge in [-0.2, -0.15) is 0 Å². The predicted molar refractivity (Wildman–Crippen MR) is 88.9 cm³/mol. The Morgan fingerprint density at radius 1 is 1.43 bits per heavy atom. The van der Waals surface area contributed by atoms with Gasteiger partial charge in [-0.15, -0.1) is 0 Å². The lowest BCUT2D eigenvalue weighted by molar-refractivity contribution is -0.144. The molecule has 1 saturated heterocycles. The van der Waals surface area contributed by atoms with Crippen LogP contribution < -0.4 is 4.74 Å². The first-order valence-corrected chi connectivity index (χ1v) is 8.38. The Kier molecular flexibility index (Phi) is 6.69. The van der Waals surface area contributed by atoms with Gasteiger partial charge in [-0.1, -0.05) is 17.7 Å². The number of carbonyl (C=O) groups is 1. The van der Waals surface area contributed by atoms with E-state index >= 15 is 0 Å². The quantitative estimate of drug-likeness (QED) is 0.798. The molecular formula is C17H24ClNO4. The maximum atomic E-state index is 10.8. The number of benzene rings is 1. The third-order valence-corrected chi connectivity index (χ3v) is 4.59. The average molecular weight is 342 g/mol. The average Bonchev–Trinajstić information content (AvgIpc) is 2.52. The number of hydrogen-bond donors (Lipinski definition) is 2. The monoisotopic (exact) mass is 341 g/mol. The first-order chi connectivity index (χ1) is 11.0. The van der Waals surface area contributed by atoms with Crippen molar-refractivity contribution in [3.8, 4) is 5.75 Å². The molecule has 128 valence electrons. The summed E-state index contributed by atoms with van der Waals surface area (Å²) >= 11 is 6.20. The van der Waals surface area contributed by atoms with E-state index in [0.29, 0.717) is 16.7 Å². The Morgan fingerprint density at radius 3 is 2.70 bits per heavy atom. The van der Waals surface area contributed by atoms with Crippen LogP contribution in [-0.2, 0) is 11.3 Å². The van der Waals surface area contributed by atoms with Crippen LogP contribution in [0, 0.1) is 5.92 Å². The van der Waals surface area contributed by atoms with Gasteiger partial charge >= 0.3 is 5.97 Å². The highest BCUT2D eigenvalue weighted by Crippen LogP contribution is 2.28. The minimum absolute atomic E-state index is 0.274. The number of aliphatic hydroxyl groups is 1. The normalized spacial score (nSPS) is 17.9. The van der Waals surface area contributed by atoms with E-state index in [9.17, 15) is 4.79 Å². The van der Waals surface area contributed by atoms with E-state index in [0.717, 1.165) is 44.5 Å². The van der Waals surface area contributed by atoms with Crippen molar-refractivity contribution in [3.05, 3.63) is 28.8 Å². The van der Waals surface area contributed by atoms with Gasteiger partial charge in [0.2, 0.25) is 0 Å². The van der Waals surface area contributed by atoms with Crippen molar-refractivity contribution in [2.45, 2.75) is 38.8 Å². The summed E-state index contributed by atoms with van der Waals surface area (Å²) in [6, 6.07) is 5.50. The van der Waals surface area contributed by atoms with E-state index in [1.54, 1.807) is 6.07 Å². The molecule has 1 aromatic carbocycles. The second kappa shape index (κ2) is 8.52. The molecule has 1 aliphatic rings. The summed E-state index contributed by atoms with van der Waals surface area (Å²) in [5, 5.41) is 18.3. The summed E-state index contributed by atoms with van der Waals surface area (Å²) in [5.41, 5.74) is 1.09. The zero-order valence-corrected chi connectivity index (χ0v) is 14.1. The SMILES string of the molecule is C[C@@H](Oc1ccc(CN2CCC(CCO)CC2)cc1Cl)C(=O)O. The smallest absolute Gasteiger partial charge is 0.344 e. The second-order valence-corrected chi connectivity index (χ2v) is 6.50. The number of ether oxygens (including phenoxy) is 1. The highest BCUT2D eigenvalue weighted by molar-refractivity contribution is 6.32. The van der Waals surface area contributed by atoms with Crippen LogP contribution in [0.1, 0.15) is 31.7 Å². The molecule has 5 nitrogen and oxygen atoms in total. The molecule has 0 amide bonds. The lowest BCUT2D eigenvalue weighted by Gasteiger charge is -2.31. The molecule has 0 aromatic heterocycles. The van der Waals surface area contributed by atoms with E-state index in [-0.39, 0.29) is 6.61 Å². The number of carboxylic acids is 1. The van der Waals surface area contributed by atoms with E-state index in [1.807, 2.05) is 12.1 Å². The Morgan fingerprint density at radius 2 is 2.13 bits per heavy atom. The van der Waals surface area contributed by atoms with Crippen molar-refractivity contribution in [2.75, 3.05) is 19.7 Å². The van der Waals surface area contributed by atoms with Crippen molar-refractivity contribution in [1.82, 2.24) is 4.90 Å². The van der Waals surface area contributed by atoms with Gasteiger partial charge in [0.05, 0.1) is 5.02 Å². The Bertz CT molecular complexity index is 529. The molecule has 1 atom stereocenters. The minimum atomic E-state index is -1.02. The van der Waals surface area contributed by atoms with Gasteiger partial charge in [-0.05, 0) is 62.9 Å². The van der Waals surface area contributed by atoms with Crippen LogP contribution in [0.15, 0.2) is 18.2 Å². The van der Waals surface area contributed by atoms with Crippen LogP contribution in [0.2, 0.25) is 5.02 Å². The van der Waals surface area contributed by atoms with E-state index < -0.39 is 12.1 Å². The molecule has 0 saturated carbocycles. The third-order valence-electron chi connectivity index (χ3n) is 4.30. The fourth-order valence-corrected chi connectivity index (χ4v) is 3.10. The lowest BCUT2D eigenvalue weighted by atomic mass is 9.94. The number of carboxylic acid groups (broad SMARTS) is 1. The standard InChI is InChI=1S/C17H24ClNO4/c1-12(17(21)22)23-16-3-2-14(10-15(16)18)11-19-7-4-13(5-8-19)6-9-20/h2-3,10,12-13,20H,4-9,11H2,1H3,(H,21,22)/t12-/m1/s1. The number of aliphatic carboxylic acids is 1. The molecule has 1 fully saturated rings. The molecule has 1 aromatic rings. The van der Waals surface area contributed by atoms with Crippen molar-refractivity contribution in [3.63, 3.8) is 0 Å². The van der Waals surface area contributed by atoms with Gasteiger partial charge in [-0.25, -0.2) is 4.79 Å². The molecule has 0 spiro atoms. The highest BCUT2D eigenvalue weighted by atomic mass is 35.5. The van der Waals surface area contributed by atoms with Crippen molar-refractivity contribution in [1.29, 1.82) is 0 Å². The summed E-state index contributed by atoms with van der Waals surface area (Å²) in [7, 11) is 0. The molecule has 1 aliphatic heterocycles. The lowest BCUT2D eigenvalue weighted by Crippen LogP contribution is -2.33. The minimum Gasteiger partial charge on any atom is -0.479 e. The number of hydrogen-bond acceptors (Lipinski definition) is 4. The topological polar surface area (TPSA) is 70.0 Å². The summed E-state index contributed by atoms with van der Waals surface area (Å²) < 4.78 is 5.32. The maximum Gasteiger partial charge on any atom is 0.344 e. The van der Waals surface area contributed by atoms with Crippen molar-refractivity contribution < 1.29 is 19.7 Å². The zero-order valence-electron chi connectivity index (χ0n) is 13.4. The maximum absolute atomic E-state index is 10.8. The molecule has 23 heavy (non-hydrogen) atoms. The van der Waals surface area contributed by atoms with Gasteiger partial charge in [0, 0.05) is 13.2 Å². The van der Waals surface area contributed by atoms with Gasteiger partial charge in [0.15, 0.2) is 6.10 Å². The molecule has 6 heteroatoms. The van der Waals surface area contributed by atoms with E-state index in [4.69, 9.17) is 26.6 Å². The number of likely N-dealkylation sites (tertiary alicyclic amines) is 1. The molecular weight excluding hydrogens is 318 g/mol. The first-order valence-electron chi connectivity index (χ1n) is 8.00. The summed E-state index contributed by atoms with van der Waals surface area (Å²) in [6.45, 7) is 4.62. The van der Waals surface area contributed by atoms with Gasteiger partial charge in [0.1, 0.15) is 5.75 Å². The molecule has 2 rings (SSSR count).